The highest BCUT2D eigenvalue weighted by molar-refractivity contribution is 6.34. The fraction of sp³-hybridized carbons (Fsp3) is 0.579. The number of anilines is 1. The molecule has 0 radical (unpaired) electrons. The van der Waals surface area contributed by atoms with Crippen LogP contribution in [0.5, 0.6) is 0 Å². The third kappa shape index (κ3) is 3.53. The van der Waals surface area contributed by atoms with Crippen LogP contribution in [0.3, 0.4) is 0 Å². The highest BCUT2D eigenvalue weighted by Gasteiger charge is 2.28. The second kappa shape index (κ2) is 6.61. The van der Waals surface area contributed by atoms with E-state index in [0.717, 1.165) is 42.9 Å². The molecule has 0 amide bonds. The van der Waals surface area contributed by atoms with Crippen LogP contribution in [0.25, 0.3) is 11.0 Å². The first-order chi connectivity index (χ1) is 11.7. The highest BCUT2D eigenvalue weighted by Crippen LogP contribution is 2.33. The molecular weight excluding hydrogens is 336 g/mol. The molecule has 1 fully saturated rings. The standard InChI is InChI=1S/C19H27ClN4O/c1-6-23-7-8-24(12(2)11-23)16-10-15-14(9-13(16)20)21-18(22-15)17(25)19(3,4)5/h9-10,12H,6-8,11H2,1-5H3,(H,21,22). The van der Waals surface area contributed by atoms with Crippen molar-refractivity contribution >= 4 is 34.1 Å². The molecule has 1 aliphatic rings. The number of piperazine rings is 1. The molecule has 0 saturated carbocycles. The Kier molecular flexibility index (Phi) is 4.82. The maximum Gasteiger partial charge on any atom is 0.203 e. The molecule has 0 bridgehead atoms. The number of H-pyrrole nitrogens is 1. The van der Waals surface area contributed by atoms with Gasteiger partial charge < -0.3 is 9.88 Å². The molecule has 1 aromatic carbocycles. The number of fused-ring (bicyclic) bond motifs is 1. The summed E-state index contributed by atoms with van der Waals surface area (Å²) in [4.78, 5) is 24.9. The van der Waals surface area contributed by atoms with Gasteiger partial charge in [-0.3, -0.25) is 9.69 Å². The van der Waals surface area contributed by atoms with Crippen LogP contribution >= 0.6 is 11.6 Å². The number of carbonyl (C=O) groups excluding carboxylic acids is 1. The van der Waals surface area contributed by atoms with E-state index in [1.165, 1.54) is 0 Å². The number of aromatic amines is 1. The molecule has 1 saturated heterocycles. The Morgan fingerprint density at radius 3 is 2.68 bits per heavy atom. The molecule has 1 unspecified atom stereocenters. The average Bonchev–Trinajstić information content (AvgIpc) is 2.95. The summed E-state index contributed by atoms with van der Waals surface area (Å²) in [5.41, 5.74) is 2.13. The van der Waals surface area contributed by atoms with Crippen molar-refractivity contribution < 1.29 is 4.79 Å². The fourth-order valence-electron chi connectivity index (χ4n) is 3.38. The summed E-state index contributed by atoms with van der Waals surface area (Å²) in [6, 6.07) is 4.28. The normalized spacial score (nSPS) is 19.6. The van der Waals surface area contributed by atoms with Crippen molar-refractivity contribution in [1.82, 2.24) is 14.9 Å². The van der Waals surface area contributed by atoms with E-state index < -0.39 is 5.41 Å². The number of Topliss-reactive ketones (excluding diaryl/α,β-unsaturated/α-hetero) is 1. The number of imidazole rings is 1. The maximum atomic E-state index is 12.5. The summed E-state index contributed by atoms with van der Waals surface area (Å²) >= 11 is 6.56. The van der Waals surface area contributed by atoms with Crippen LogP contribution in [-0.4, -0.2) is 52.9 Å². The third-order valence-corrected chi connectivity index (χ3v) is 5.22. The summed E-state index contributed by atoms with van der Waals surface area (Å²) in [7, 11) is 0. The average molecular weight is 363 g/mol. The number of likely N-dealkylation sites (N-methyl/N-ethyl adjacent to an activating group) is 1. The van der Waals surface area contributed by atoms with Crippen LogP contribution in [0.15, 0.2) is 12.1 Å². The highest BCUT2D eigenvalue weighted by atomic mass is 35.5. The molecular formula is C19H27ClN4O. The summed E-state index contributed by atoms with van der Waals surface area (Å²) in [5.74, 6) is 0.408. The minimum atomic E-state index is -0.467. The maximum absolute atomic E-state index is 12.5. The van der Waals surface area contributed by atoms with Crippen LogP contribution in [0.2, 0.25) is 5.02 Å². The Morgan fingerprint density at radius 2 is 2.08 bits per heavy atom. The number of carbonyl (C=O) groups is 1. The third-order valence-electron chi connectivity index (χ3n) is 4.91. The van der Waals surface area contributed by atoms with Crippen LogP contribution in [0, 0.1) is 5.41 Å². The van der Waals surface area contributed by atoms with E-state index in [-0.39, 0.29) is 5.78 Å². The van der Waals surface area contributed by atoms with Crippen LogP contribution in [-0.2, 0) is 0 Å². The largest absolute Gasteiger partial charge is 0.365 e. The van der Waals surface area contributed by atoms with Gasteiger partial charge in [-0.2, -0.15) is 0 Å². The molecule has 136 valence electrons. The van der Waals surface area contributed by atoms with Gasteiger partial charge in [-0.05, 0) is 25.6 Å². The van der Waals surface area contributed by atoms with Gasteiger partial charge in [-0.25, -0.2) is 4.98 Å². The number of benzene rings is 1. The zero-order valence-corrected chi connectivity index (χ0v) is 16.4. The molecule has 1 aliphatic heterocycles. The van der Waals surface area contributed by atoms with Gasteiger partial charge in [0.25, 0.3) is 0 Å². The zero-order valence-electron chi connectivity index (χ0n) is 15.7. The predicted molar refractivity (Wildman–Crippen MR) is 104 cm³/mol. The number of nitrogens with zero attached hydrogens (tertiary/aromatic N) is 3. The molecule has 1 aromatic heterocycles. The van der Waals surface area contributed by atoms with Crippen molar-refractivity contribution in [3.8, 4) is 0 Å². The Hall–Kier alpha value is -1.59. The molecule has 1 atom stereocenters. The monoisotopic (exact) mass is 362 g/mol. The van der Waals surface area contributed by atoms with Gasteiger partial charge in [0.2, 0.25) is 5.78 Å². The van der Waals surface area contributed by atoms with E-state index in [2.05, 4.69) is 33.6 Å². The molecule has 5 nitrogen and oxygen atoms in total. The lowest BCUT2D eigenvalue weighted by Gasteiger charge is -2.41. The minimum absolute atomic E-state index is 0.00583. The minimum Gasteiger partial charge on any atom is -0.365 e. The molecule has 1 N–H and O–H groups in total. The van der Waals surface area contributed by atoms with E-state index in [9.17, 15) is 4.79 Å². The first-order valence-corrected chi connectivity index (χ1v) is 9.31. The first kappa shape index (κ1) is 18.2. The second-order valence-corrected chi connectivity index (χ2v) is 8.33. The smallest absolute Gasteiger partial charge is 0.203 e. The van der Waals surface area contributed by atoms with Crippen molar-refractivity contribution in [3.05, 3.63) is 23.0 Å². The molecule has 2 heterocycles. The quantitative estimate of drug-likeness (QED) is 0.839. The lowest BCUT2D eigenvalue weighted by Crippen LogP contribution is -2.51. The molecule has 25 heavy (non-hydrogen) atoms. The van der Waals surface area contributed by atoms with Gasteiger partial charge in [-0.1, -0.05) is 39.3 Å². The predicted octanol–water partition coefficient (Wildman–Crippen LogP) is 3.98. The van der Waals surface area contributed by atoms with Crippen molar-refractivity contribution in [2.45, 2.75) is 40.7 Å². The molecule has 0 aliphatic carbocycles. The second-order valence-electron chi connectivity index (χ2n) is 7.92. The lowest BCUT2D eigenvalue weighted by atomic mass is 9.90. The van der Waals surface area contributed by atoms with Crippen molar-refractivity contribution in [3.63, 3.8) is 0 Å². The first-order valence-electron chi connectivity index (χ1n) is 8.93. The van der Waals surface area contributed by atoms with E-state index in [0.29, 0.717) is 16.9 Å². The molecule has 3 rings (SSSR count). The van der Waals surface area contributed by atoms with Gasteiger partial charge in [0.05, 0.1) is 21.7 Å². The Balaban J connectivity index is 1.95. The number of halogens is 1. The van der Waals surface area contributed by atoms with Crippen LogP contribution < -0.4 is 4.90 Å². The van der Waals surface area contributed by atoms with Gasteiger partial charge in [0.15, 0.2) is 5.82 Å². The van der Waals surface area contributed by atoms with Crippen LogP contribution in [0.4, 0.5) is 5.69 Å². The number of hydrogen-bond donors (Lipinski definition) is 1. The van der Waals surface area contributed by atoms with E-state index in [1.54, 1.807) is 0 Å². The molecule has 2 aromatic rings. The van der Waals surface area contributed by atoms with E-state index in [1.807, 2.05) is 32.9 Å². The Labute approximate surface area is 154 Å². The number of nitrogens with one attached hydrogen (secondary N) is 1. The van der Waals surface area contributed by atoms with Crippen LogP contribution in [0.1, 0.15) is 45.2 Å². The van der Waals surface area contributed by atoms with Gasteiger partial charge in [-0.15, -0.1) is 0 Å². The molecule has 0 spiro atoms. The number of rotatable bonds is 3. The number of ketones is 1. The van der Waals surface area contributed by atoms with E-state index >= 15 is 0 Å². The summed E-state index contributed by atoms with van der Waals surface area (Å²) in [5, 5.41) is 0.697. The zero-order chi connectivity index (χ0) is 18.4. The van der Waals surface area contributed by atoms with Gasteiger partial charge in [0, 0.05) is 31.1 Å². The van der Waals surface area contributed by atoms with Crippen molar-refractivity contribution in [2.75, 3.05) is 31.1 Å². The Bertz CT molecular complexity index is 793. The van der Waals surface area contributed by atoms with Crippen molar-refractivity contribution in [1.29, 1.82) is 0 Å². The van der Waals surface area contributed by atoms with Gasteiger partial charge in [0.1, 0.15) is 0 Å². The van der Waals surface area contributed by atoms with Gasteiger partial charge >= 0.3 is 0 Å². The topological polar surface area (TPSA) is 52.2 Å². The SMILES string of the molecule is CCN1CCN(c2cc3nc(C(=O)C(C)(C)C)[nH]c3cc2Cl)C(C)C1. The summed E-state index contributed by atoms with van der Waals surface area (Å²) in [6.07, 6.45) is 0. The van der Waals surface area contributed by atoms with Crippen molar-refractivity contribution in [2.24, 2.45) is 5.41 Å². The lowest BCUT2D eigenvalue weighted by molar-refractivity contribution is 0.0848. The summed E-state index contributed by atoms with van der Waals surface area (Å²) < 4.78 is 0. The van der Waals surface area contributed by atoms with E-state index in [4.69, 9.17) is 11.6 Å². The summed E-state index contributed by atoms with van der Waals surface area (Å²) in [6.45, 7) is 14.2. The number of aromatic nitrogens is 2. The fourth-order valence-corrected chi connectivity index (χ4v) is 3.65. The number of hydrogen-bond acceptors (Lipinski definition) is 4. The Morgan fingerprint density at radius 1 is 1.36 bits per heavy atom. The molecule has 6 heteroatoms.